The molecule has 7 nitrogen and oxygen atoms in total. The summed E-state index contributed by atoms with van der Waals surface area (Å²) in [5.74, 6) is 0.521. The number of nitrogens with zero attached hydrogens (tertiary/aromatic N) is 2. The van der Waals surface area contributed by atoms with Crippen molar-refractivity contribution in [3.63, 3.8) is 0 Å². The maximum atomic E-state index is 12.1. The number of aromatic nitrogens is 2. The second kappa shape index (κ2) is 5.63. The number of nitrogens with one attached hydrogen (secondary N) is 1. The summed E-state index contributed by atoms with van der Waals surface area (Å²) in [6, 6.07) is 4.83. The first kappa shape index (κ1) is 14.5. The van der Waals surface area contributed by atoms with Crippen LogP contribution >= 0.6 is 15.9 Å². The molecule has 0 atom stereocenters. The van der Waals surface area contributed by atoms with Gasteiger partial charge in [0, 0.05) is 6.07 Å². The zero-order valence-corrected chi connectivity index (χ0v) is 12.8. The van der Waals surface area contributed by atoms with Crippen LogP contribution in [0.5, 0.6) is 5.75 Å². The van der Waals surface area contributed by atoms with Crippen LogP contribution in [0.4, 0.5) is 11.6 Å². The van der Waals surface area contributed by atoms with Crippen molar-refractivity contribution in [1.82, 2.24) is 9.97 Å². The predicted octanol–water partition coefficient (Wildman–Crippen LogP) is 1.63. The van der Waals surface area contributed by atoms with E-state index in [9.17, 15) is 8.42 Å². The van der Waals surface area contributed by atoms with Crippen molar-refractivity contribution in [1.29, 1.82) is 0 Å². The molecular formula is C11H11BrN4O3S. The van der Waals surface area contributed by atoms with E-state index in [4.69, 9.17) is 10.5 Å². The van der Waals surface area contributed by atoms with Gasteiger partial charge in [-0.2, -0.15) is 0 Å². The first-order valence-corrected chi connectivity index (χ1v) is 7.64. The van der Waals surface area contributed by atoms with Crippen molar-refractivity contribution in [2.45, 2.75) is 4.90 Å². The zero-order valence-electron chi connectivity index (χ0n) is 10.4. The molecule has 2 aromatic rings. The van der Waals surface area contributed by atoms with Crippen LogP contribution < -0.4 is 15.2 Å². The van der Waals surface area contributed by atoms with Crippen LogP contribution in [-0.4, -0.2) is 25.5 Å². The van der Waals surface area contributed by atoms with Gasteiger partial charge in [0.2, 0.25) is 5.95 Å². The highest BCUT2D eigenvalue weighted by Gasteiger charge is 2.16. The lowest BCUT2D eigenvalue weighted by Crippen LogP contribution is -2.14. The Bertz CT molecular complexity index is 719. The van der Waals surface area contributed by atoms with Gasteiger partial charge >= 0.3 is 0 Å². The van der Waals surface area contributed by atoms with Crippen LogP contribution in [0, 0.1) is 0 Å². The minimum atomic E-state index is -3.77. The Kier molecular flexibility index (Phi) is 4.09. The average molecular weight is 359 g/mol. The Labute approximate surface area is 124 Å². The minimum Gasteiger partial charge on any atom is -0.495 e. The topological polar surface area (TPSA) is 107 Å². The number of hydrogen-bond donors (Lipinski definition) is 2. The molecule has 0 saturated heterocycles. The molecule has 1 aromatic heterocycles. The van der Waals surface area contributed by atoms with Crippen molar-refractivity contribution in [3.8, 4) is 5.75 Å². The summed E-state index contributed by atoms with van der Waals surface area (Å²) in [7, 11) is -2.28. The maximum Gasteiger partial charge on any atom is 0.264 e. The fraction of sp³-hybridized carbons (Fsp3) is 0.0909. The Morgan fingerprint density at radius 1 is 1.30 bits per heavy atom. The molecule has 0 bridgehead atoms. The highest BCUT2D eigenvalue weighted by atomic mass is 79.9. The third-order valence-electron chi connectivity index (χ3n) is 2.36. The van der Waals surface area contributed by atoms with E-state index in [1.807, 2.05) is 0 Å². The van der Waals surface area contributed by atoms with E-state index in [1.54, 1.807) is 18.2 Å². The van der Waals surface area contributed by atoms with Gasteiger partial charge in [-0.3, -0.25) is 4.72 Å². The largest absolute Gasteiger partial charge is 0.495 e. The van der Waals surface area contributed by atoms with E-state index in [0.29, 0.717) is 11.4 Å². The summed E-state index contributed by atoms with van der Waals surface area (Å²) in [5, 5.41) is 0. The quantitative estimate of drug-likeness (QED) is 0.859. The lowest BCUT2D eigenvalue weighted by Gasteiger charge is -2.10. The number of sulfonamides is 1. The molecule has 0 aliphatic heterocycles. The van der Waals surface area contributed by atoms with Gasteiger partial charge in [-0.1, -0.05) is 0 Å². The fourth-order valence-electron chi connectivity index (χ4n) is 1.40. The third-order valence-corrected chi connectivity index (χ3v) is 4.35. The lowest BCUT2D eigenvalue weighted by molar-refractivity contribution is 0.412. The molecule has 0 aliphatic rings. The zero-order chi connectivity index (χ0) is 14.8. The molecule has 0 amide bonds. The van der Waals surface area contributed by atoms with Crippen LogP contribution in [0.1, 0.15) is 0 Å². The third kappa shape index (κ3) is 3.17. The highest BCUT2D eigenvalue weighted by molar-refractivity contribution is 9.10. The standard InChI is InChI=1S/C11H11BrN4O3S/c1-19-10-4-7(2-3-9(10)12)16-20(17,18)8-5-14-11(13)15-6-8/h2-6,16H,1H3,(H2,13,14,15). The number of anilines is 2. The van der Waals surface area contributed by atoms with E-state index in [1.165, 1.54) is 7.11 Å². The van der Waals surface area contributed by atoms with Gasteiger partial charge in [-0.05, 0) is 28.1 Å². The number of hydrogen-bond acceptors (Lipinski definition) is 6. The van der Waals surface area contributed by atoms with Gasteiger partial charge in [0.1, 0.15) is 10.6 Å². The molecule has 3 N–H and O–H groups in total. The lowest BCUT2D eigenvalue weighted by atomic mass is 10.3. The summed E-state index contributed by atoms with van der Waals surface area (Å²) >= 11 is 3.29. The molecule has 0 fully saturated rings. The van der Waals surface area contributed by atoms with Gasteiger partial charge in [0.15, 0.2) is 0 Å². The van der Waals surface area contributed by atoms with Crippen molar-refractivity contribution in [2.75, 3.05) is 17.6 Å². The molecule has 20 heavy (non-hydrogen) atoms. The molecule has 0 spiro atoms. The van der Waals surface area contributed by atoms with Crippen LogP contribution in [-0.2, 0) is 10.0 Å². The van der Waals surface area contributed by atoms with Gasteiger partial charge < -0.3 is 10.5 Å². The second-order valence-corrected chi connectivity index (χ2v) is 6.27. The number of ether oxygens (including phenoxy) is 1. The summed E-state index contributed by atoms with van der Waals surface area (Å²) in [5.41, 5.74) is 5.68. The molecule has 1 heterocycles. The molecular weight excluding hydrogens is 348 g/mol. The monoisotopic (exact) mass is 358 g/mol. The highest BCUT2D eigenvalue weighted by Crippen LogP contribution is 2.28. The van der Waals surface area contributed by atoms with E-state index < -0.39 is 10.0 Å². The Morgan fingerprint density at radius 3 is 2.55 bits per heavy atom. The molecule has 9 heteroatoms. The number of nitrogens with two attached hydrogens (primary N) is 1. The molecule has 0 saturated carbocycles. The smallest absolute Gasteiger partial charge is 0.264 e. The minimum absolute atomic E-state index is 0.00857. The van der Waals surface area contributed by atoms with Crippen molar-refractivity contribution < 1.29 is 13.2 Å². The first-order chi connectivity index (χ1) is 9.42. The molecule has 0 unspecified atom stereocenters. The Hall–Kier alpha value is -1.87. The van der Waals surface area contributed by atoms with Crippen molar-refractivity contribution in [3.05, 3.63) is 35.1 Å². The number of halogens is 1. The van der Waals surface area contributed by atoms with Crippen LogP contribution in [0.25, 0.3) is 0 Å². The summed E-state index contributed by atoms with van der Waals surface area (Å²) < 4.78 is 32.5. The van der Waals surface area contributed by atoms with Crippen molar-refractivity contribution in [2.24, 2.45) is 0 Å². The summed E-state index contributed by atoms with van der Waals surface area (Å²) in [6.45, 7) is 0. The number of nitrogen functional groups attached to an aromatic ring is 1. The van der Waals surface area contributed by atoms with Gasteiger partial charge in [-0.15, -0.1) is 0 Å². The molecule has 0 aliphatic carbocycles. The number of rotatable bonds is 4. The van der Waals surface area contributed by atoms with E-state index >= 15 is 0 Å². The Balaban J connectivity index is 2.30. The first-order valence-electron chi connectivity index (χ1n) is 5.36. The molecule has 106 valence electrons. The normalized spacial score (nSPS) is 11.1. The average Bonchev–Trinajstić information content (AvgIpc) is 2.41. The molecule has 0 radical (unpaired) electrons. The van der Waals surface area contributed by atoms with Gasteiger partial charge in [0.05, 0.1) is 29.7 Å². The van der Waals surface area contributed by atoms with Crippen LogP contribution in [0.2, 0.25) is 0 Å². The van der Waals surface area contributed by atoms with Gasteiger partial charge in [0.25, 0.3) is 10.0 Å². The van der Waals surface area contributed by atoms with E-state index in [2.05, 4.69) is 30.6 Å². The Morgan fingerprint density at radius 2 is 1.95 bits per heavy atom. The van der Waals surface area contributed by atoms with E-state index in [-0.39, 0.29) is 10.8 Å². The fourth-order valence-corrected chi connectivity index (χ4v) is 2.75. The number of methoxy groups -OCH3 is 1. The second-order valence-electron chi connectivity index (χ2n) is 3.73. The molecule has 1 aromatic carbocycles. The maximum absolute atomic E-state index is 12.1. The van der Waals surface area contributed by atoms with Gasteiger partial charge in [-0.25, -0.2) is 18.4 Å². The van der Waals surface area contributed by atoms with Crippen molar-refractivity contribution >= 4 is 37.6 Å². The predicted molar refractivity (Wildman–Crippen MR) is 77.9 cm³/mol. The molecule has 2 rings (SSSR count). The summed E-state index contributed by atoms with van der Waals surface area (Å²) in [6.07, 6.45) is 2.28. The van der Waals surface area contributed by atoms with Crippen LogP contribution in [0.3, 0.4) is 0 Å². The number of benzene rings is 1. The van der Waals surface area contributed by atoms with E-state index in [0.717, 1.165) is 16.9 Å². The SMILES string of the molecule is COc1cc(NS(=O)(=O)c2cnc(N)nc2)ccc1Br. The summed E-state index contributed by atoms with van der Waals surface area (Å²) in [4.78, 5) is 7.22. The van der Waals surface area contributed by atoms with Crippen LogP contribution in [0.15, 0.2) is 40.0 Å².